The molecule has 2 rings (SSSR count). The maximum atomic E-state index is 13.3. The van der Waals surface area contributed by atoms with E-state index in [-0.39, 0.29) is 24.4 Å². The summed E-state index contributed by atoms with van der Waals surface area (Å²) in [6, 6.07) is 6.81. The van der Waals surface area contributed by atoms with Crippen molar-refractivity contribution in [2.75, 3.05) is 31.5 Å². The second kappa shape index (κ2) is 11.4. The van der Waals surface area contributed by atoms with Gasteiger partial charge in [-0.25, -0.2) is 4.39 Å². The van der Waals surface area contributed by atoms with E-state index in [1.54, 1.807) is 13.0 Å². The molecule has 0 aliphatic rings. The molecule has 0 unspecified atom stereocenters. The molecule has 0 spiro atoms. The van der Waals surface area contributed by atoms with Gasteiger partial charge in [-0.15, -0.1) is 0 Å². The maximum absolute atomic E-state index is 13.3. The zero-order chi connectivity index (χ0) is 22.1. The van der Waals surface area contributed by atoms with Crippen molar-refractivity contribution in [2.45, 2.75) is 46.6 Å². The summed E-state index contributed by atoms with van der Waals surface area (Å²) in [6.07, 6.45) is 1.65. The van der Waals surface area contributed by atoms with E-state index < -0.39 is 5.82 Å². The lowest BCUT2D eigenvalue weighted by molar-refractivity contribution is -0.117. The molecule has 1 aromatic carbocycles. The summed E-state index contributed by atoms with van der Waals surface area (Å²) >= 11 is 0. The van der Waals surface area contributed by atoms with Gasteiger partial charge in [-0.3, -0.25) is 9.59 Å². The van der Waals surface area contributed by atoms with Crippen LogP contribution in [0.15, 0.2) is 34.9 Å². The van der Waals surface area contributed by atoms with Crippen LogP contribution in [0.1, 0.15) is 49.7 Å². The Balaban J connectivity index is 2.08. The predicted molar refractivity (Wildman–Crippen MR) is 114 cm³/mol. The molecule has 2 aromatic rings. The number of nitrogens with one attached hydrogen (secondary N) is 1. The van der Waals surface area contributed by atoms with Crippen LogP contribution in [0.25, 0.3) is 0 Å². The molecule has 0 aliphatic carbocycles. The Morgan fingerprint density at radius 3 is 2.43 bits per heavy atom. The van der Waals surface area contributed by atoms with E-state index in [1.165, 1.54) is 29.2 Å². The Labute approximate surface area is 177 Å². The van der Waals surface area contributed by atoms with Gasteiger partial charge in [-0.05, 0) is 70.6 Å². The second-order valence-corrected chi connectivity index (χ2v) is 7.33. The number of halogens is 1. The van der Waals surface area contributed by atoms with Crippen LogP contribution in [0.4, 0.5) is 10.2 Å². The van der Waals surface area contributed by atoms with Gasteiger partial charge in [0.05, 0.1) is 0 Å². The highest BCUT2D eigenvalue weighted by Gasteiger charge is 2.24. The molecule has 1 heterocycles. The zero-order valence-corrected chi connectivity index (χ0v) is 18.2. The van der Waals surface area contributed by atoms with Crippen molar-refractivity contribution < 1.29 is 18.5 Å². The fourth-order valence-electron chi connectivity index (χ4n) is 3.25. The first-order chi connectivity index (χ1) is 14.3. The normalized spacial score (nSPS) is 12.1. The molecule has 1 atom stereocenters. The van der Waals surface area contributed by atoms with Gasteiger partial charge < -0.3 is 19.6 Å². The number of benzene rings is 1. The summed E-state index contributed by atoms with van der Waals surface area (Å²) in [4.78, 5) is 29.5. The Morgan fingerprint density at radius 2 is 1.87 bits per heavy atom. The van der Waals surface area contributed by atoms with E-state index in [1.807, 2.05) is 6.92 Å². The lowest BCUT2D eigenvalue weighted by atomic mass is 10.1. The van der Waals surface area contributed by atoms with Crippen molar-refractivity contribution in [1.29, 1.82) is 0 Å². The van der Waals surface area contributed by atoms with Gasteiger partial charge in [0.15, 0.2) is 5.82 Å². The van der Waals surface area contributed by atoms with Crippen molar-refractivity contribution >= 4 is 17.6 Å². The molecular formula is C22H31FN4O3. The standard InChI is InChI=1S/C22H31FN4O3/c1-5-26(6-2)13-7-8-16(3)27(22(29)18-9-11-19(23)12-10-18)15-21(28)24-20-14-17(4)30-25-20/h9-12,14,16H,5-8,13,15H2,1-4H3,(H,24,25,28)/t16-/m0/s1. The summed E-state index contributed by atoms with van der Waals surface area (Å²) in [5.41, 5.74) is 0.345. The number of nitrogens with zero attached hydrogens (tertiary/aromatic N) is 3. The molecule has 1 aromatic heterocycles. The highest BCUT2D eigenvalue weighted by atomic mass is 19.1. The number of carbonyl (C=O) groups is 2. The van der Waals surface area contributed by atoms with E-state index in [9.17, 15) is 14.0 Å². The second-order valence-electron chi connectivity index (χ2n) is 7.33. The van der Waals surface area contributed by atoms with E-state index in [2.05, 4.69) is 29.2 Å². The highest BCUT2D eigenvalue weighted by molar-refractivity contribution is 5.99. The van der Waals surface area contributed by atoms with Gasteiger partial charge in [0.2, 0.25) is 5.91 Å². The Morgan fingerprint density at radius 1 is 1.20 bits per heavy atom. The van der Waals surface area contributed by atoms with Gasteiger partial charge in [-0.2, -0.15) is 0 Å². The van der Waals surface area contributed by atoms with E-state index >= 15 is 0 Å². The smallest absolute Gasteiger partial charge is 0.254 e. The molecule has 2 amide bonds. The summed E-state index contributed by atoms with van der Waals surface area (Å²) in [5.74, 6) is -0.203. The number of aryl methyl sites for hydroxylation is 1. The van der Waals surface area contributed by atoms with Gasteiger partial charge in [0.1, 0.15) is 18.1 Å². The van der Waals surface area contributed by atoms with Crippen LogP contribution in [-0.2, 0) is 4.79 Å². The third-order valence-corrected chi connectivity index (χ3v) is 5.08. The number of aromatic nitrogens is 1. The first-order valence-corrected chi connectivity index (χ1v) is 10.4. The van der Waals surface area contributed by atoms with Crippen LogP contribution >= 0.6 is 0 Å². The lowest BCUT2D eigenvalue weighted by Gasteiger charge is -2.29. The first-order valence-electron chi connectivity index (χ1n) is 10.4. The topological polar surface area (TPSA) is 78.7 Å². The van der Waals surface area contributed by atoms with Crippen molar-refractivity contribution in [1.82, 2.24) is 15.0 Å². The number of hydrogen-bond acceptors (Lipinski definition) is 5. The van der Waals surface area contributed by atoms with Gasteiger partial charge in [0, 0.05) is 17.7 Å². The Hall–Kier alpha value is -2.74. The van der Waals surface area contributed by atoms with E-state index in [4.69, 9.17) is 4.52 Å². The average molecular weight is 419 g/mol. The number of anilines is 1. The molecule has 8 heteroatoms. The van der Waals surface area contributed by atoms with E-state index in [0.717, 1.165) is 32.5 Å². The van der Waals surface area contributed by atoms with Crippen molar-refractivity contribution in [2.24, 2.45) is 0 Å². The quantitative estimate of drug-likeness (QED) is 0.602. The van der Waals surface area contributed by atoms with Crippen molar-refractivity contribution in [3.8, 4) is 0 Å². The van der Waals surface area contributed by atoms with Crippen LogP contribution in [0, 0.1) is 12.7 Å². The van der Waals surface area contributed by atoms with Crippen molar-refractivity contribution in [3.63, 3.8) is 0 Å². The number of amides is 2. The molecule has 0 saturated heterocycles. The summed E-state index contributed by atoms with van der Waals surface area (Å²) in [7, 11) is 0. The molecule has 7 nitrogen and oxygen atoms in total. The summed E-state index contributed by atoms with van der Waals surface area (Å²) in [5, 5.41) is 6.40. The Bertz CT molecular complexity index is 818. The van der Waals surface area contributed by atoms with Crippen LogP contribution < -0.4 is 5.32 Å². The molecule has 0 bridgehead atoms. The minimum absolute atomic E-state index is 0.130. The van der Waals surface area contributed by atoms with Crippen LogP contribution in [0.5, 0.6) is 0 Å². The monoisotopic (exact) mass is 418 g/mol. The lowest BCUT2D eigenvalue weighted by Crippen LogP contribution is -2.44. The minimum Gasteiger partial charge on any atom is -0.360 e. The molecule has 30 heavy (non-hydrogen) atoms. The minimum atomic E-state index is -0.412. The van der Waals surface area contributed by atoms with Gasteiger partial charge >= 0.3 is 0 Å². The molecule has 164 valence electrons. The van der Waals surface area contributed by atoms with Crippen LogP contribution in [-0.4, -0.2) is 59.0 Å². The predicted octanol–water partition coefficient (Wildman–Crippen LogP) is 3.71. The van der Waals surface area contributed by atoms with Gasteiger partial charge in [-0.1, -0.05) is 19.0 Å². The first kappa shape index (κ1) is 23.5. The largest absolute Gasteiger partial charge is 0.360 e. The number of hydrogen-bond donors (Lipinski definition) is 1. The molecular weight excluding hydrogens is 387 g/mol. The molecule has 0 aliphatic heterocycles. The average Bonchev–Trinajstić information content (AvgIpc) is 3.13. The number of rotatable bonds is 11. The fraction of sp³-hybridized carbons (Fsp3) is 0.500. The van der Waals surface area contributed by atoms with Gasteiger partial charge in [0.25, 0.3) is 5.91 Å². The number of carbonyl (C=O) groups excluding carboxylic acids is 2. The van der Waals surface area contributed by atoms with Crippen molar-refractivity contribution in [3.05, 3.63) is 47.5 Å². The van der Waals surface area contributed by atoms with Crippen LogP contribution in [0.3, 0.4) is 0 Å². The highest BCUT2D eigenvalue weighted by Crippen LogP contribution is 2.15. The zero-order valence-electron chi connectivity index (χ0n) is 18.2. The molecule has 0 radical (unpaired) electrons. The van der Waals surface area contributed by atoms with Crippen LogP contribution in [0.2, 0.25) is 0 Å². The third-order valence-electron chi connectivity index (χ3n) is 5.08. The molecule has 0 saturated carbocycles. The maximum Gasteiger partial charge on any atom is 0.254 e. The fourth-order valence-corrected chi connectivity index (χ4v) is 3.25. The third kappa shape index (κ3) is 6.95. The summed E-state index contributed by atoms with van der Waals surface area (Å²) in [6.45, 7) is 10.6. The molecule has 1 N–H and O–H groups in total. The summed E-state index contributed by atoms with van der Waals surface area (Å²) < 4.78 is 18.2. The molecule has 0 fully saturated rings. The Kier molecular flexibility index (Phi) is 8.98. The SMILES string of the molecule is CCN(CC)CCC[C@H](C)N(CC(=O)Nc1cc(C)on1)C(=O)c1ccc(F)cc1. The van der Waals surface area contributed by atoms with E-state index in [0.29, 0.717) is 17.1 Å².